The van der Waals surface area contributed by atoms with Crippen LogP contribution in [0.3, 0.4) is 0 Å². The fraction of sp³-hybridized carbons (Fsp3) is 0.346. The lowest BCUT2D eigenvalue weighted by Gasteiger charge is -2.30. The van der Waals surface area contributed by atoms with Crippen molar-refractivity contribution < 1.29 is 22.7 Å². The highest BCUT2D eigenvalue weighted by atomic mass is 32.2. The van der Waals surface area contributed by atoms with Crippen molar-refractivity contribution in [3.8, 4) is 22.8 Å². The van der Waals surface area contributed by atoms with Gasteiger partial charge in [0, 0.05) is 47.6 Å². The molecule has 0 atom stereocenters. The van der Waals surface area contributed by atoms with Gasteiger partial charge in [0.25, 0.3) is 0 Å². The van der Waals surface area contributed by atoms with Crippen LogP contribution in [0.1, 0.15) is 31.2 Å². The molecule has 0 spiro atoms. The smallest absolute Gasteiger partial charge is 0.238 e. The number of rotatable bonds is 5. The van der Waals surface area contributed by atoms with Gasteiger partial charge in [-0.2, -0.15) is 0 Å². The predicted molar refractivity (Wildman–Crippen MR) is 138 cm³/mol. The largest absolute Gasteiger partial charge is 0.488 e. The van der Waals surface area contributed by atoms with Crippen molar-refractivity contribution in [1.82, 2.24) is 9.97 Å². The van der Waals surface area contributed by atoms with Crippen molar-refractivity contribution in [2.45, 2.75) is 37.5 Å². The first-order valence-corrected chi connectivity index (χ1v) is 14.0. The number of pyridine rings is 2. The van der Waals surface area contributed by atoms with Crippen molar-refractivity contribution in [3.63, 3.8) is 0 Å². The van der Waals surface area contributed by atoms with E-state index in [1.807, 2.05) is 24.3 Å². The molecule has 37 heavy (non-hydrogen) atoms. The number of anilines is 4. The maximum absolute atomic E-state index is 12.9. The monoisotopic (exact) mass is 519 g/mol. The molecule has 7 rings (SSSR count). The number of hydrogen-bond donors (Lipinski definition) is 1. The first-order valence-electron chi connectivity index (χ1n) is 12.5. The zero-order chi connectivity index (χ0) is 25.1. The number of hydrogen-bond acceptors (Lipinski definition) is 8. The van der Waals surface area contributed by atoms with E-state index in [1.54, 1.807) is 23.4 Å². The number of ether oxygens (including phenoxy) is 2. The van der Waals surface area contributed by atoms with E-state index in [1.165, 1.54) is 4.31 Å². The summed E-state index contributed by atoms with van der Waals surface area (Å²) in [5.41, 5.74) is 4.81. The maximum atomic E-state index is 12.9. The minimum atomic E-state index is -3.41. The van der Waals surface area contributed by atoms with Crippen LogP contribution in [0.5, 0.6) is 11.6 Å². The SMILES string of the molecule is O=C1CCCN1c1ccc2c(c1)OCc1cc(Nc3cnc4c(c3)N(S(=O)(=O)C3CC3)CCO4)ncc1-2. The Labute approximate surface area is 214 Å². The number of nitrogens with zero attached hydrogens (tertiary/aromatic N) is 4. The molecule has 11 heteroatoms. The van der Waals surface area contributed by atoms with Gasteiger partial charge in [-0.1, -0.05) is 0 Å². The fourth-order valence-corrected chi connectivity index (χ4v) is 6.95. The lowest BCUT2D eigenvalue weighted by Crippen LogP contribution is -2.40. The number of carbonyl (C=O) groups excluding carboxylic acids is 1. The van der Waals surface area contributed by atoms with Crippen LogP contribution in [0.15, 0.2) is 42.7 Å². The first kappa shape index (κ1) is 22.3. The van der Waals surface area contributed by atoms with Crippen LogP contribution in [0.4, 0.5) is 22.9 Å². The van der Waals surface area contributed by atoms with Gasteiger partial charge in [0.1, 0.15) is 30.5 Å². The quantitative estimate of drug-likeness (QED) is 0.544. The average Bonchev–Trinajstić information content (AvgIpc) is 3.69. The van der Waals surface area contributed by atoms with Crippen molar-refractivity contribution in [1.29, 1.82) is 0 Å². The molecule has 0 radical (unpaired) electrons. The maximum Gasteiger partial charge on any atom is 0.238 e. The molecule has 10 nitrogen and oxygen atoms in total. The number of amides is 1. The third-order valence-electron chi connectivity index (χ3n) is 7.17. The number of aromatic nitrogens is 2. The van der Waals surface area contributed by atoms with Crippen LogP contribution < -0.4 is 24.0 Å². The van der Waals surface area contributed by atoms with Gasteiger partial charge in [0.05, 0.1) is 23.7 Å². The minimum Gasteiger partial charge on any atom is -0.488 e. The molecule has 1 aliphatic carbocycles. The van der Waals surface area contributed by atoms with Crippen LogP contribution in [-0.2, 0) is 21.4 Å². The lowest BCUT2D eigenvalue weighted by atomic mass is 9.98. The summed E-state index contributed by atoms with van der Waals surface area (Å²) >= 11 is 0. The first-order chi connectivity index (χ1) is 18.0. The van der Waals surface area contributed by atoms with E-state index in [0.29, 0.717) is 48.9 Å². The Hall–Kier alpha value is -3.86. The normalized spacial score (nSPS) is 18.4. The van der Waals surface area contributed by atoms with E-state index in [4.69, 9.17) is 9.47 Å². The Morgan fingerprint density at radius 3 is 2.70 bits per heavy atom. The number of benzene rings is 1. The van der Waals surface area contributed by atoms with Gasteiger partial charge in [-0.15, -0.1) is 0 Å². The van der Waals surface area contributed by atoms with Gasteiger partial charge in [-0.3, -0.25) is 9.10 Å². The third kappa shape index (κ3) is 3.85. The summed E-state index contributed by atoms with van der Waals surface area (Å²) < 4.78 is 38.9. The Morgan fingerprint density at radius 1 is 1.00 bits per heavy atom. The van der Waals surface area contributed by atoms with Crippen molar-refractivity contribution in [2.24, 2.45) is 0 Å². The Kier molecular flexibility index (Phi) is 5.04. The second-order valence-corrected chi connectivity index (χ2v) is 11.8. The topological polar surface area (TPSA) is 114 Å². The van der Waals surface area contributed by atoms with Crippen molar-refractivity contribution in [3.05, 3.63) is 48.3 Å². The lowest BCUT2D eigenvalue weighted by molar-refractivity contribution is -0.117. The third-order valence-corrected chi connectivity index (χ3v) is 9.48. The summed E-state index contributed by atoms with van der Waals surface area (Å²) in [5.74, 6) is 1.80. The fourth-order valence-electron chi connectivity index (χ4n) is 5.13. The molecule has 3 aromatic rings. The molecule has 0 bridgehead atoms. The molecule has 5 heterocycles. The van der Waals surface area contributed by atoms with Gasteiger partial charge >= 0.3 is 0 Å². The van der Waals surface area contributed by atoms with E-state index in [2.05, 4.69) is 15.3 Å². The Balaban J connectivity index is 1.15. The van der Waals surface area contributed by atoms with Crippen LogP contribution >= 0.6 is 0 Å². The Bertz CT molecular complexity index is 1540. The number of fused-ring (bicyclic) bond motifs is 4. The second-order valence-electron chi connectivity index (χ2n) is 9.68. The molecular formula is C26H25N5O5S. The van der Waals surface area contributed by atoms with E-state index >= 15 is 0 Å². The molecule has 2 fully saturated rings. The van der Waals surface area contributed by atoms with Crippen LogP contribution in [0.25, 0.3) is 11.1 Å². The molecule has 1 aromatic carbocycles. The average molecular weight is 520 g/mol. The molecule has 1 saturated heterocycles. The van der Waals surface area contributed by atoms with E-state index in [0.717, 1.165) is 41.1 Å². The molecule has 1 N–H and O–H groups in total. The molecule has 1 saturated carbocycles. The van der Waals surface area contributed by atoms with Crippen molar-refractivity contribution >= 4 is 38.8 Å². The van der Waals surface area contributed by atoms with Crippen LogP contribution in [-0.4, -0.2) is 49.2 Å². The van der Waals surface area contributed by atoms with Gasteiger partial charge in [-0.25, -0.2) is 18.4 Å². The zero-order valence-electron chi connectivity index (χ0n) is 20.0. The van der Waals surface area contributed by atoms with E-state index in [9.17, 15) is 13.2 Å². The summed E-state index contributed by atoms with van der Waals surface area (Å²) in [4.78, 5) is 22.9. The summed E-state index contributed by atoms with van der Waals surface area (Å²) in [5, 5.41) is 2.93. The highest BCUT2D eigenvalue weighted by Crippen LogP contribution is 2.42. The molecule has 2 aromatic heterocycles. The summed E-state index contributed by atoms with van der Waals surface area (Å²) in [6.07, 6.45) is 6.27. The van der Waals surface area contributed by atoms with E-state index in [-0.39, 0.29) is 24.3 Å². The molecule has 4 aliphatic rings. The number of nitrogens with one attached hydrogen (secondary N) is 1. The Morgan fingerprint density at radius 2 is 1.89 bits per heavy atom. The highest BCUT2D eigenvalue weighted by Gasteiger charge is 2.42. The van der Waals surface area contributed by atoms with Crippen molar-refractivity contribution in [2.75, 3.05) is 34.2 Å². The molecular weight excluding hydrogens is 494 g/mol. The van der Waals surface area contributed by atoms with Crippen LogP contribution in [0, 0.1) is 0 Å². The number of sulfonamides is 1. The molecule has 3 aliphatic heterocycles. The molecule has 1 amide bonds. The predicted octanol–water partition coefficient (Wildman–Crippen LogP) is 3.60. The van der Waals surface area contributed by atoms with Gasteiger partial charge < -0.3 is 19.7 Å². The summed E-state index contributed by atoms with van der Waals surface area (Å²) in [6.45, 7) is 1.67. The summed E-state index contributed by atoms with van der Waals surface area (Å²) in [7, 11) is -3.41. The minimum absolute atomic E-state index is 0.144. The van der Waals surface area contributed by atoms with Gasteiger partial charge in [0.2, 0.25) is 21.8 Å². The standard InChI is InChI=1S/C26H25N5O5S/c32-25-2-1-7-30(25)18-3-6-20-21-14-27-24(10-16(21)15-36-23(20)12-18)29-17-11-22-26(28-13-17)35-9-8-31(22)37(33,34)19-4-5-19/h3,6,10-14,19H,1-2,4-5,7-9,15H2,(H,27,29). The van der Waals surface area contributed by atoms with Gasteiger partial charge in [-0.05, 0) is 43.5 Å². The molecule has 0 unspecified atom stereocenters. The second kappa shape index (κ2) is 8.34. The highest BCUT2D eigenvalue weighted by molar-refractivity contribution is 7.93. The van der Waals surface area contributed by atoms with E-state index < -0.39 is 10.0 Å². The number of carbonyl (C=O) groups is 1. The zero-order valence-corrected chi connectivity index (χ0v) is 20.8. The molecule has 190 valence electrons. The van der Waals surface area contributed by atoms with Gasteiger partial charge in [0.15, 0.2) is 0 Å². The summed E-state index contributed by atoms with van der Waals surface area (Å²) in [6, 6.07) is 9.52. The van der Waals surface area contributed by atoms with Crippen LogP contribution in [0.2, 0.25) is 0 Å².